The van der Waals surface area contributed by atoms with Crippen LogP contribution in [0.2, 0.25) is 0 Å². The average Bonchev–Trinajstić information content (AvgIpc) is 2.45. The van der Waals surface area contributed by atoms with E-state index in [1.165, 1.54) is 12.1 Å². The summed E-state index contributed by atoms with van der Waals surface area (Å²) in [7, 11) is -1.46. The third-order valence-corrected chi connectivity index (χ3v) is 5.53. The zero-order valence-corrected chi connectivity index (χ0v) is 14.1. The van der Waals surface area contributed by atoms with Crippen LogP contribution in [0.5, 0.6) is 0 Å². The van der Waals surface area contributed by atoms with E-state index in [1.807, 2.05) is 20.1 Å². The fourth-order valence-electron chi connectivity index (χ4n) is 1.42. The first-order chi connectivity index (χ1) is 9.85. The van der Waals surface area contributed by atoms with Crippen LogP contribution in [0.3, 0.4) is 0 Å². The normalized spacial score (nSPS) is 12.8. The molecule has 0 aliphatic heterocycles. The lowest BCUT2D eigenvalue weighted by Crippen LogP contribution is -2.43. The van der Waals surface area contributed by atoms with E-state index >= 15 is 0 Å². The van der Waals surface area contributed by atoms with Crippen molar-refractivity contribution in [2.75, 3.05) is 25.1 Å². The second kappa shape index (κ2) is 8.38. The van der Waals surface area contributed by atoms with Crippen LogP contribution < -0.4 is 10.6 Å². The van der Waals surface area contributed by atoms with E-state index in [1.54, 1.807) is 23.9 Å². The monoisotopic (exact) mass is 332 g/mol. The van der Waals surface area contributed by atoms with Gasteiger partial charge in [-0.05, 0) is 32.2 Å². The van der Waals surface area contributed by atoms with E-state index in [-0.39, 0.29) is 28.0 Å². The molecule has 0 fully saturated rings. The number of hydrogen-bond acceptors (Lipinski definition) is 3. The van der Waals surface area contributed by atoms with Crippen LogP contribution in [0, 0.1) is 5.82 Å². The summed E-state index contributed by atoms with van der Waals surface area (Å²) in [6.45, 7) is 4.83. The number of carbonyl (C=O) groups excluding carboxylic acids is 1. The number of thioether (sulfide) groups is 1. The topological polar surface area (TPSA) is 58.2 Å². The van der Waals surface area contributed by atoms with Crippen LogP contribution >= 0.6 is 11.8 Å². The van der Waals surface area contributed by atoms with E-state index < -0.39 is 16.6 Å². The Morgan fingerprint density at radius 1 is 1.33 bits per heavy atom. The van der Waals surface area contributed by atoms with Crippen LogP contribution in [0.1, 0.15) is 13.8 Å². The van der Waals surface area contributed by atoms with Crippen LogP contribution in [-0.4, -0.2) is 40.1 Å². The van der Waals surface area contributed by atoms with Gasteiger partial charge in [0.05, 0.1) is 15.7 Å². The average molecular weight is 332 g/mol. The van der Waals surface area contributed by atoms with Crippen molar-refractivity contribution in [1.82, 2.24) is 10.6 Å². The molecular formula is C14H21FN2O2S2. The highest BCUT2D eigenvalue weighted by Crippen LogP contribution is 2.19. The molecule has 1 atom stereocenters. The summed E-state index contributed by atoms with van der Waals surface area (Å²) in [6.07, 6.45) is 1.98. The molecule has 2 amide bonds. The molecule has 2 N–H and O–H groups in total. The van der Waals surface area contributed by atoms with Gasteiger partial charge in [-0.2, -0.15) is 11.8 Å². The molecule has 7 heteroatoms. The van der Waals surface area contributed by atoms with Crippen molar-refractivity contribution >= 4 is 28.6 Å². The molecule has 0 aliphatic rings. The first-order valence-corrected chi connectivity index (χ1v) is 9.10. The standard InChI is InChI=1S/C14H21FN2O2S2/c1-14(2,20-3)10-17-13(18)16-8-9-21(19)12-7-5-4-6-11(12)15/h4-7H,8-10H2,1-3H3,(H2,16,17,18). The van der Waals surface area contributed by atoms with Crippen molar-refractivity contribution in [2.24, 2.45) is 0 Å². The number of rotatable bonds is 7. The summed E-state index contributed by atoms with van der Waals surface area (Å²) in [5.41, 5.74) is 0. The highest BCUT2D eigenvalue weighted by molar-refractivity contribution is 7.99. The van der Waals surface area contributed by atoms with Gasteiger partial charge in [-0.1, -0.05) is 12.1 Å². The molecule has 0 radical (unpaired) electrons. The highest BCUT2D eigenvalue weighted by atomic mass is 32.2. The minimum Gasteiger partial charge on any atom is -0.337 e. The number of nitrogens with one attached hydrogen (secondary N) is 2. The molecule has 118 valence electrons. The van der Waals surface area contributed by atoms with E-state index in [9.17, 15) is 13.4 Å². The minimum atomic E-state index is -1.46. The number of benzene rings is 1. The van der Waals surface area contributed by atoms with Gasteiger partial charge >= 0.3 is 6.03 Å². The summed E-state index contributed by atoms with van der Waals surface area (Å²) < 4.78 is 25.3. The Hall–Kier alpha value is -1.08. The summed E-state index contributed by atoms with van der Waals surface area (Å²) in [5.74, 6) is -0.303. The number of halogens is 1. The molecule has 0 saturated carbocycles. The van der Waals surface area contributed by atoms with Crippen LogP contribution in [-0.2, 0) is 10.8 Å². The Morgan fingerprint density at radius 3 is 2.62 bits per heavy atom. The maximum absolute atomic E-state index is 13.4. The van der Waals surface area contributed by atoms with Crippen LogP contribution in [0.4, 0.5) is 9.18 Å². The lowest BCUT2D eigenvalue weighted by atomic mass is 10.2. The van der Waals surface area contributed by atoms with Gasteiger partial charge in [-0.15, -0.1) is 0 Å². The predicted octanol–water partition coefficient (Wildman–Crippen LogP) is 2.37. The number of hydrogen-bond donors (Lipinski definition) is 2. The summed E-state index contributed by atoms with van der Waals surface area (Å²) in [4.78, 5) is 11.8. The van der Waals surface area contributed by atoms with Crippen LogP contribution in [0.15, 0.2) is 29.2 Å². The maximum Gasteiger partial charge on any atom is 0.314 e. The molecule has 0 spiro atoms. The van der Waals surface area contributed by atoms with Gasteiger partial charge in [0.25, 0.3) is 0 Å². The molecule has 0 aliphatic carbocycles. The number of carbonyl (C=O) groups is 1. The minimum absolute atomic E-state index is 0.0344. The van der Waals surface area contributed by atoms with Gasteiger partial charge < -0.3 is 10.6 Å². The maximum atomic E-state index is 13.4. The zero-order chi connectivity index (χ0) is 15.9. The summed E-state index contributed by atoms with van der Waals surface area (Å²) in [6, 6.07) is 5.66. The molecule has 21 heavy (non-hydrogen) atoms. The number of urea groups is 1. The fourth-order valence-corrected chi connectivity index (χ4v) is 2.66. The van der Waals surface area contributed by atoms with Gasteiger partial charge in [0.1, 0.15) is 5.82 Å². The molecular weight excluding hydrogens is 311 g/mol. The smallest absolute Gasteiger partial charge is 0.314 e. The van der Waals surface area contributed by atoms with E-state index in [0.29, 0.717) is 6.54 Å². The molecule has 0 bridgehead atoms. The largest absolute Gasteiger partial charge is 0.337 e. The lowest BCUT2D eigenvalue weighted by molar-refractivity contribution is 0.240. The lowest BCUT2D eigenvalue weighted by Gasteiger charge is -2.22. The van der Waals surface area contributed by atoms with Gasteiger partial charge in [0.2, 0.25) is 0 Å². The highest BCUT2D eigenvalue weighted by Gasteiger charge is 2.16. The van der Waals surface area contributed by atoms with Crippen molar-refractivity contribution in [3.63, 3.8) is 0 Å². The van der Waals surface area contributed by atoms with Crippen molar-refractivity contribution in [3.05, 3.63) is 30.1 Å². The summed E-state index contributed by atoms with van der Waals surface area (Å²) in [5, 5.41) is 5.38. The Labute approximate surface area is 131 Å². The first kappa shape index (κ1) is 18.0. The Bertz CT molecular complexity index is 510. The van der Waals surface area contributed by atoms with Crippen molar-refractivity contribution in [3.8, 4) is 0 Å². The van der Waals surface area contributed by atoms with Crippen LogP contribution in [0.25, 0.3) is 0 Å². The molecule has 0 aromatic heterocycles. The third kappa shape index (κ3) is 6.48. The zero-order valence-electron chi connectivity index (χ0n) is 12.4. The SMILES string of the molecule is CSC(C)(C)CNC(=O)NCCS(=O)c1ccccc1F. The fraction of sp³-hybridized carbons (Fsp3) is 0.500. The first-order valence-electron chi connectivity index (χ1n) is 6.55. The van der Waals surface area contributed by atoms with Crippen molar-refractivity contribution in [1.29, 1.82) is 0 Å². The van der Waals surface area contributed by atoms with Gasteiger partial charge in [-0.3, -0.25) is 4.21 Å². The second-order valence-corrected chi connectivity index (χ2v) is 8.11. The Balaban J connectivity index is 2.32. The molecule has 1 aromatic rings. The van der Waals surface area contributed by atoms with Gasteiger partial charge in [-0.25, -0.2) is 9.18 Å². The van der Waals surface area contributed by atoms with E-state index in [0.717, 1.165) is 0 Å². The van der Waals surface area contributed by atoms with E-state index in [4.69, 9.17) is 0 Å². The molecule has 1 rings (SSSR count). The van der Waals surface area contributed by atoms with Crippen molar-refractivity contribution in [2.45, 2.75) is 23.5 Å². The van der Waals surface area contributed by atoms with Gasteiger partial charge in [0, 0.05) is 23.6 Å². The third-order valence-electron chi connectivity index (χ3n) is 2.88. The molecule has 1 aromatic carbocycles. The quantitative estimate of drug-likeness (QED) is 0.806. The molecule has 0 heterocycles. The molecule has 0 saturated heterocycles. The van der Waals surface area contributed by atoms with Crippen molar-refractivity contribution < 1.29 is 13.4 Å². The second-order valence-electron chi connectivity index (χ2n) is 5.05. The Morgan fingerprint density at radius 2 is 2.00 bits per heavy atom. The van der Waals surface area contributed by atoms with Gasteiger partial charge in [0.15, 0.2) is 0 Å². The number of amides is 2. The van der Waals surface area contributed by atoms with E-state index in [2.05, 4.69) is 10.6 Å². The predicted molar refractivity (Wildman–Crippen MR) is 86.7 cm³/mol. The Kier molecular flexibility index (Phi) is 7.17. The summed E-state index contributed by atoms with van der Waals surface area (Å²) >= 11 is 1.66. The molecule has 1 unspecified atom stereocenters. The molecule has 4 nitrogen and oxygen atoms in total.